The van der Waals surface area contributed by atoms with Crippen molar-refractivity contribution in [2.75, 3.05) is 6.61 Å². The Labute approximate surface area is 156 Å². The zero-order valence-corrected chi connectivity index (χ0v) is 14.8. The highest BCUT2D eigenvalue weighted by molar-refractivity contribution is 5.76. The Morgan fingerprint density at radius 2 is 1.96 bits per heavy atom. The van der Waals surface area contributed by atoms with Crippen LogP contribution in [0.3, 0.4) is 0 Å². The first-order chi connectivity index (χ1) is 13.1. The van der Waals surface area contributed by atoms with Crippen molar-refractivity contribution >= 4 is 16.7 Å². The number of non-ortho nitro benzene ring substituents is 1. The number of fused-ring (bicyclic) bond motifs is 1. The van der Waals surface area contributed by atoms with E-state index in [1.807, 2.05) is 24.3 Å². The summed E-state index contributed by atoms with van der Waals surface area (Å²) in [7, 11) is 0. The molecule has 1 heterocycles. The van der Waals surface area contributed by atoms with Crippen molar-refractivity contribution in [3.63, 3.8) is 0 Å². The van der Waals surface area contributed by atoms with Gasteiger partial charge in [0.1, 0.15) is 24.3 Å². The highest BCUT2D eigenvalue weighted by Gasteiger charge is 2.26. The molecule has 2 aromatic carbocycles. The van der Waals surface area contributed by atoms with Crippen LogP contribution in [0.4, 0.5) is 5.69 Å². The van der Waals surface area contributed by atoms with E-state index >= 15 is 0 Å². The largest absolute Gasteiger partial charge is 0.491 e. The van der Waals surface area contributed by atoms with E-state index in [0.717, 1.165) is 29.7 Å². The van der Waals surface area contributed by atoms with E-state index in [0.29, 0.717) is 18.2 Å². The number of nitro groups is 1. The van der Waals surface area contributed by atoms with E-state index in [4.69, 9.17) is 9.72 Å². The second kappa shape index (κ2) is 7.36. The van der Waals surface area contributed by atoms with Gasteiger partial charge in [0.25, 0.3) is 5.69 Å². The minimum atomic E-state index is -0.711. The average Bonchev–Trinajstić information content (AvgIpc) is 2.97. The highest BCUT2D eigenvalue weighted by atomic mass is 16.6. The molecular weight excluding hydrogens is 346 g/mol. The van der Waals surface area contributed by atoms with E-state index in [1.165, 1.54) is 30.7 Å². The molecule has 7 nitrogen and oxygen atoms in total. The molecule has 1 unspecified atom stereocenters. The number of rotatable bonds is 7. The first-order valence-corrected chi connectivity index (χ1v) is 9.12. The fourth-order valence-electron chi connectivity index (χ4n) is 3.38. The summed E-state index contributed by atoms with van der Waals surface area (Å²) in [6, 6.07) is 13.8. The number of nitrogens with zero attached hydrogens (tertiary/aromatic N) is 3. The van der Waals surface area contributed by atoms with Gasteiger partial charge in [-0.2, -0.15) is 0 Å². The summed E-state index contributed by atoms with van der Waals surface area (Å²) in [5.41, 5.74) is 1.98. The topological polar surface area (TPSA) is 90.4 Å². The first kappa shape index (κ1) is 17.5. The van der Waals surface area contributed by atoms with Crippen molar-refractivity contribution in [2.45, 2.75) is 37.8 Å². The number of benzene rings is 2. The minimum Gasteiger partial charge on any atom is -0.491 e. The van der Waals surface area contributed by atoms with Gasteiger partial charge in [-0.15, -0.1) is 0 Å². The third kappa shape index (κ3) is 3.64. The number of imidazole rings is 1. The average molecular weight is 367 g/mol. The maximum atomic E-state index is 10.7. The number of nitro benzene ring substituents is 1. The number of hydrogen-bond acceptors (Lipinski definition) is 5. The van der Waals surface area contributed by atoms with Crippen LogP contribution in [-0.2, 0) is 6.54 Å². The lowest BCUT2D eigenvalue weighted by atomic mass is 9.85. The van der Waals surface area contributed by atoms with Gasteiger partial charge in [0.2, 0.25) is 0 Å². The van der Waals surface area contributed by atoms with E-state index in [2.05, 4.69) is 4.57 Å². The van der Waals surface area contributed by atoms with Crippen LogP contribution in [0.2, 0.25) is 0 Å². The molecule has 1 N–H and O–H groups in total. The molecule has 0 spiro atoms. The zero-order valence-electron chi connectivity index (χ0n) is 14.8. The highest BCUT2D eigenvalue weighted by Crippen LogP contribution is 2.37. The third-order valence-electron chi connectivity index (χ3n) is 5.04. The standard InChI is InChI=1S/C20H21N3O4/c24-16(13-27-17-10-8-15(9-11-17)23(25)26)12-22-19-7-2-1-6-18(19)21-20(22)14-4-3-5-14/h1-2,6-11,14,16,24H,3-5,12-13H2. The molecule has 0 amide bonds. The fourth-order valence-corrected chi connectivity index (χ4v) is 3.38. The predicted molar refractivity (Wildman–Crippen MR) is 101 cm³/mol. The fraction of sp³-hybridized carbons (Fsp3) is 0.350. The predicted octanol–water partition coefficient (Wildman–Crippen LogP) is 3.65. The summed E-state index contributed by atoms with van der Waals surface area (Å²) >= 11 is 0. The Kier molecular flexibility index (Phi) is 4.77. The van der Waals surface area contributed by atoms with Gasteiger partial charge in [0.05, 0.1) is 22.5 Å². The molecule has 1 aliphatic rings. The Morgan fingerprint density at radius 3 is 2.63 bits per heavy atom. The molecule has 3 aromatic rings. The van der Waals surface area contributed by atoms with E-state index < -0.39 is 11.0 Å². The van der Waals surface area contributed by atoms with Gasteiger partial charge in [-0.3, -0.25) is 10.1 Å². The van der Waals surface area contributed by atoms with Crippen molar-refractivity contribution in [3.8, 4) is 5.75 Å². The van der Waals surface area contributed by atoms with Crippen LogP contribution in [0.5, 0.6) is 5.75 Å². The summed E-state index contributed by atoms with van der Waals surface area (Å²) in [6.45, 7) is 0.508. The second-order valence-electron chi connectivity index (χ2n) is 6.91. The normalized spacial score (nSPS) is 15.4. The van der Waals surface area contributed by atoms with Gasteiger partial charge in [0, 0.05) is 18.1 Å². The van der Waals surface area contributed by atoms with E-state index in [9.17, 15) is 15.2 Å². The van der Waals surface area contributed by atoms with Gasteiger partial charge >= 0.3 is 0 Å². The zero-order chi connectivity index (χ0) is 18.8. The van der Waals surface area contributed by atoms with Crippen LogP contribution < -0.4 is 4.74 Å². The van der Waals surface area contributed by atoms with Crippen molar-refractivity contribution in [3.05, 3.63) is 64.5 Å². The number of aliphatic hydroxyl groups is 1. The Hall–Kier alpha value is -2.93. The Balaban J connectivity index is 1.46. The monoisotopic (exact) mass is 367 g/mol. The molecule has 7 heteroatoms. The molecule has 1 fully saturated rings. The summed E-state index contributed by atoms with van der Waals surface area (Å²) in [4.78, 5) is 15.0. The Bertz CT molecular complexity index is 948. The maximum absolute atomic E-state index is 10.7. The molecule has 1 aliphatic carbocycles. The number of ether oxygens (including phenoxy) is 1. The van der Waals surface area contributed by atoms with Crippen molar-refractivity contribution < 1.29 is 14.8 Å². The van der Waals surface area contributed by atoms with Crippen LogP contribution >= 0.6 is 0 Å². The second-order valence-corrected chi connectivity index (χ2v) is 6.91. The van der Waals surface area contributed by atoms with Crippen LogP contribution in [0, 0.1) is 10.1 Å². The Morgan fingerprint density at radius 1 is 1.22 bits per heavy atom. The summed E-state index contributed by atoms with van der Waals surface area (Å²) in [6.07, 6.45) is 2.79. The molecule has 0 saturated heterocycles. The molecule has 4 rings (SSSR count). The number of hydrogen-bond donors (Lipinski definition) is 1. The van der Waals surface area contributed by atoms with Gasteiger partial charge in [0.15, 0.2) is 0 Å². The lowest BCUT2D eigenvalue weighted by molar-refractivity contribution is -0.384. The summed E-state index contributed by atoms with van der Waals surface area (Å²) in [5, 5.41) is 21.2. The van der Waals surface area contributed by atoms with Gasteiger partial charge in [-0.25, -0.2) is 4.98 Å². The lowest BCUT2D eigenvalue weighted by Gasteiger charge is -2.26. The summed E-state index contributed by atoms with van der Waals surface area (Å²) < 4.78 is 7.70. The quantitative estimate of drug-likeness (QED) is 0.508. The van der Waals surface area contributed by atoms with Crippen molar-refractivity contribution in [1.82, 2.24) is 9.55 Å². The molecule has 1 atom stereocenters. The molecule has 1 aromatic heterocycles. The number of para-hydroxylation sites is 2. The molecular formula is C20H21N3O4. The lowest BCUT2D eigenvalue weighted by Crippen LogP contribution is -2.26. The van der Waals surface area contributed by atoms with Gasteiger partial charge < -0.3 is 14.4 Å². The van der Waals surface area contributed by atoms with Crippen molar-refractivity contribution in [2.24, 2.45) is 0 Å². The molecule has 140 valence electrons. The molecule has 27 heavy (non-hydrogen) atoms. The smallest absolute Gasteiger partial charge is 0.269 e. The maximum Gasteiger partial charge on any atom is 0.269 e. The molecule has 0 radical (unpaired) electrons. The number of aliphatic hydroxyl groups excluding tert-OH is 1. The van der Waals surface area contributed by atoms with Crippen LogP contribution in [0.25, 0.3) is 11.0 Å². The third-order valence-corrected chi connectivity index (χ3v) is 5.04. The molecule has 0 aliphatic heterocycles. The van der Waals surface area contributed by atoms with Crippen LogP contribution in [0.1, 0.15) is 31.0 Å². The van der Waals surface area contributed by atoms with Crippen molar-refractivity contribution in [1.29, 1.82) is 0 Å². The van der Waals surface area contributed by atoms with Crippen LogP contribution in [-0.4, -0.2) is 32.3 Å². The molecule has 1 saturated carbocycles. The summed E-state index contributed by atoms with van der Waals surface area (Å²) in [5.74, 6) is 1.99. The van der Waals surface area contributed by atoms with E-state index in [-0.39, 0.29) is 12.3 Å². The van der Waals surface area contributed by atoms with E-state index in [1.54, 1.807) is 0 Å². The minimum absolute atomic E-state index is 0.0120. The van der Waals surface area contributed by atoms with Gasteiger partial charge in [-0.05, 0) is 37.1 Å². The SMILES string of the molecule is O=[N+]([O-])c1ccc(OCC(O)Cn2c(C3CCC3)nc3ccccc32)cc1. The molecule has 0 bridgehead atoms. The number of aromatic nitrogens is 2. The van der Waals surface area contributed by atoms with Crippen LogP contribution in [0.15, 0.2) is 48.5 Å². The first-order valence-electron chi connectivity index (χ1n) is 9.12. The van der Waals surface area contributed by atoms with Gasteiger partial charge in [-0.1, -0.05) is 18.6 Å².